The van der Waals surface area contributed by atoms with Crippen LogP contribution in [0, 0.1) is 0 Å². The lowest BCUT2D eigenvalue weighted by atomic mass is 10.1. The minimum atomic E-state index is 0.184. The molecule has 1 aliphatic rings. The highest BCUT2D eigenvalue weighted by atomic mass is 32.1. The number of aromatic nitrogens is 1. The maximum absolute atomic E-state index is 12.5. The highest BCUT2D eigenvalue weighted by Crippen LogP contribution is 2.25. The second kappa shape index (κ2) is 8.20. The fourth-order valence-electron chi connectivity index (χ4n) is 3.00. The lowest BCUT2D eigenvalue weighted by molar-refractivity contribution is -0.131. The summed E-state index contributed by atoms with van der Waals surface area (Å²) < 4.78 is 10.6. The molecule has 0 unspecified atom stereocenters. The quantitative estimate of drug-likeness (QED) is 0.791. The molecule has 0 aliphatic carbocycles. The van der Waals surface area contributed by atoms with Crippen molar-refractivity contribution >= 4 is 22.4 Å². The van der Waals surface area contributed by atoms with Crippen molar-refractivity contribution in [1.29, 1.82) is 0 Å². The number of anilines is 1. The second-order valence-electron chi connectivity index (χ2n) is 5.86. The molecule has 2 aromatic rings. The molecule has 0 spiro atoms. The van der Waals surface area contributed by atoms with Gasteiger partial charge in [0.15, 0.2) is 5.13 Å². The van der Waals surface area contributed by atoms with Crippen LogP contribution in [-0.2, 0) is 11.2 Å². The van der Waals surface area contributed by atoms with Crippen LogP contribution in [-0.4, -0.2) is 56.2 Å². The molecule has 1 fully saturated rings. The average Bonchev–Trinajstić information content (AvgIpc) is 3.20. The highest BCUT2D eigenvalue weighted by molar-refractivity contribution is 7.13. The number of methoxy groups -OCH3 is 2. The summed E-state index contributed by atoms with van der Waals surface area (Å²) in [5.74, 6) is 1.76. The van der Waals surface area contributed by atoms with Gasteiger partial charge in [-0.25, -0.2) is 4.98 Å². The van der Waals surface area contributed by atoms with Crippen LogP contribution in [0.15, 0.2) is 29.8 Å². The molecular weight excluding hydrogens is 338 g/mol. The van der Waals surface area contributed by atoms with Crippen LogP contribution in [0.4, 0.5) is 5.13 Å². The number of carbonyl (C=O) groups is 1. The smallest absolute Gasteiger partial charge is 0.223 e. The van der Waals surface area contributed by atoms with E-state index in [1.807, 2.05) is 34.7 Å². The maximum Gasteiger partial charge on any atom is 0.223 e. The van der Waals surface area contributed by atoms with Crippen LogP contribution in [0.2, 0.25) is 0 Å². The number of nitrogens with zero attached hydrogens (tertiary/aromatic N) is 3. The molecule has 0 N–H and O–H groups in total. The Kier molecular flexibility index (Phi) is 5.75. The van der Waals surface area contributed by atoms with Gasteiger partial charge in [-0.3, -0.25) is 4.79 Å². The van der Waals surface area contributed by atoms with Gasteiger partial charge in [0.1, 0.15) is 11.5 Å². The third-order valence-electron chi connectivity index (χ3n) is 4.42. The zero-order valence-corrected chi connectivity index (χ0v) is 15.4. The van der Waals surface area contributed by atoms with Crippen LogP contribution >= 0.6 is 11.3 Å². The Labute approximate surface area is 152 Å². The summed E-state index contributed by atoms with van der Waals surface area (Å²) in [7, 11) is 3.28. The summed E-state index contributed by atoms with van der Waals surface area (Å²) in [6.07, 6.45) is 2.94. The summed E-state index contributed by atoms with van der Waals surface area (Å²) in [5.41, 5.74) is 0.997. The summed E-state index contributed by atoms with van der Waals surface area (Å²) in [6.45, 7) is 3.16. The first kappa shape index (κ1) is 17.5. The van der Waals surface area contributed by atoms with E-state index in [-0.39, 0.29) is 5.91 Å². The summed E-state index contributed by atoms with van der Waals surface area (Å²) >= 11 is 1.64. The van der Waals surface area contributed by atoms with Crippen molar-refractivity contribution in [3.63, 3.8) is 0 Å². The molecule has 25 heavy (non-hydrogen) atoms. The minimum absolute atomic E-state index is 0.184. The normalized spacial score (nSPS) is 14.5. The number of carbonyl (C=O) groups excluding carboxylic acids is 1. The van der Waals surface area contributed by atoms with Crippen LogP contribution < -0.4 is 14.4 Å². The molecule has 3 rings (SSSR count). The van der Waals surface area contributed by atoms with Gasteiger partial charge in [0.2, 0.25) is 5.91 Å². The number of hydrogen-bond donors (Lipinski definition) is 0. The maximum atomic E-state index is 12.5. The van der Waals surface area contributed by atoms with Gasteiger partial charge in [0.05, 0.1) is 14.2 Å². The van der Waals surface area contributed by atoms with Gasteiger partial charge in [-0.15, -0.1) is 11.3 Å². The summed E-state index contributed by atoms with van der Waals surface area (Å²) in [4.78, 5) is 21.1. The lowest BCUT2D eigenvalue weighted by Gasteiger charge is -2.34. The predicted molar refractivity (Wildman–Crippen MR) is 98.8 cm³/mol. The molecule has 1 amide bonds. The average molecular weight is 361 g/mol. The van der Waals surface area contributed by atoms with E-state index in [2.05, 4.69) is 9.88 Å². The van der Waals surface area contributed by atoms with Gasteiger partial charge in [-0.05, 0) is 30.2 Å². The van der Waals surface area contributed by atoms with Crippen LogP contribution in [0.5, 0.6) is 11.5 Å². The first-order valence-electron chi connectivity index (χ1n) is 8.34. The van der Waals surface area contributed by atoms with E-state index in [4.69, 9.17) is 9.47 Å². The number of hydrogen-bond acceptors (Lipinski definition) is 6. The Morgan fingerprint density at radius 1 is 1.20 bits per heavy atom. The molecule has 0 saturated carbocycles. The monoisotopic (exact) mass is 361 g/mol. The largest absolute Gasteiger partial charge is 0.497 e. The first-order chi connectivity index (χ1) is 12.2. The van der Waals surface area contributed by atoms with Crippen molar-refractivity contribution in [2.45, 2.75) is 12.8 Å². The molecule has 1 aliphatic heterocycles. The molecule has 0 bridgehead atoms. The summed E-state index contributed by atoms with van der Waals surface area (Å²) in [5, 5.41) is 3.02. The van der Waals surface area contributed by atoms with E-state index < -0.39 is 0 Å². The third kappa shape index (κ3) is 4.22. The van der Waals surface area contributed by atoms with E-state index in [1.165, 1.54) is 0 Å². The molecular formula is C18H23N3O3S. The number of ether oxygens (including phenoxy) is 2. The molecule has 1 aromatic heterocycles. The number of thiazole rings is 1. The van der Waals surface area contributed by atoms with Gasteiger partial charge >= 0.3 is 0 Å². The van der Waals surface area contributed by atoms with Crippen LogP contribution in [0.1, 0.15) is 12.0 Å². The predicted octanol–water partition coefficient (Wildman–Crippen LogP) is 2.44. The van der Waals surface area contributed by atoms with Gasteiger partial charge in [0, 0.05) is 44.2 Å². The number of rotatable bonds is 6. The molecule has 134 valence electrons. The van der Waals surface area contributed by atoms with Gasteiger partial charge < -0.3 is 19.3 Å². The minimum Gasteiger partial charge on any atom is -0.497 e. The van der Waals surface area contributed by atoms with Crippen LogP contribution in [0.25, 0.3) is 0 Å². The van der Waals surface area contributed by atoms with Gasteiger partial charge in [0.25, 0.3) is 0 Å². The molecule has 6 nitrogen and oxygen atoms in total. The first-order valence-corrected chi connectivity index (χ1v) is 9.22. The number of aryl methyl sites for hydroxylation is 1. The Hall–Kier alpha value is -2.28. The van der Waals surface area contributed by atoms with Crippen LogP contribution in [0.3, 0.4) is 0 Å². The summed E-state index contributed by atoms with van der Waals surface area (Å²) in [6, 6.07) is 5.68. The third-order valence-corrected chi connectivity index (χ3v) is 5.25. The molecule has 0 atom stereocenters. The fourth-order valence-corrected chi connectivity index (χ4v) is 3.69. The van der Waals surface area contributed by atoms with Gasteiger partial charge in [-0.2, -0.15) is 0 Å². The van der Waals surface area contributed by atoms with Gasteiger partial charge in [-0.1, -0.05) is 0 Å². The van der Waals surface area contributed by atoms with E-state index in [9.17, 15) is 4.79 Å². The van der Waals surface area contributed by atoms with Crippen molar-refractivity contribution in [3.8, 4) is 11.5 Å². The fraction of sp³-hybridized carbons (Fsp3) is 0.444. The van der Waals surface area contributed by atoms with Crippen molar-refractivity contribution in [2.75, 3.05) is 45.3 Å². The van der Waals surface area contributed by atoms with Crippen molar-refractivity contribution in [3.05, 3.63) is 35.3 Å². The zero-order valence-electron chi connectivity index (χ0n) is 14.6. The van der Waals surface area contributed by atoms with E-state index in [0.29, 0.717) is 12.8 Å². The van der Waals surface area contributed by atoms with E-state index in [1.54, 1.807) is 25.6 Å². The molecule has 7 heteroatoms. The topological polar surface area (TPSA) is 54.9 Å². The molecule has 0 radical (unpaired) electrons. The Balaban J connectivity index is 1.53. The SMILES string of the molecule is COc1ccc(OC)c(CCC(=O)N2CCN(c3nccs3)CC2)c1. The number of piperazine rings is 1. The number of amides is 1. The Morgan fingerprint density at radius 3 is 2.64 bits per heavy atom. The zero-order chi connectivity index (χ0) is 17.6. The van der Waals surface area contributed by atoms with E-state index in [0.717, 1.165) is 48.4 Å². The Morgan fingerprint density at radius 2 is 2.00 bits per heavy atom. The number of benzene rings is 1. The molecule has 1 saturated heterocycles. The standard InChI is InChI=1S/C18H23N3O3S/c1-23-15-4-5-16(24-2)14(13-15)3-6-17(22)20-8-10-21(11-9-20)18-19-7-12-25-18/h4-5,7,12-13H,3,6,8-11H2,1-2H3. The molecule has 2 heterocycles. The van der Waals surface area contributed by atoms with Crippen molar-refractivity contribution in [2.24, 2.45) is 0 Å². The van der Waals surface area contributed by atoms with E-state index >= 15 is 0 Å². The molecule has 1 aromatic carbocycles. The van der Waals surface area contributed by atoms with Crippen molar-refractivity contribution < 1.29 is 14.3 Å². The lowest BCUT2D eigenvalue weighted by Crippen LogP contribution is -2.48. The Bertz CT molecular complexity index is 698. The van der Waals surface area contributed by atoms with Crippen molar-refractivity contribution in [1.82, 2.24) is 9.88 Å². The highest BCUT2D eigenvalue weighted by Gasteiger charge is 2.22. The second-order valence-corrected chi connectivity index (χ2v) is 6.73.